The van der Waals surface area contributed by atoms with Gasteiger partial charge in [-0.3, -0.25) is 9.69 Å². The van der Waals surface area contributed by atoms with Gasteiger partial charge in [0.1, 0.15) is 6.04 Å². The number of nitrogens with one attached hydrogen (secondary N) is 1. The van der Waals surface area contributed by atoms with E-state index in [4.69, 9.17) is 11.6 Å². The first-order valence-corrected chi connectivity index (χ1v) is 9.77. The van der Waals surface area contributed by atoms with E-state index in [1.54, 1.807) is 0 Å². The summed E-state index contributed by atoms with van der Waals surface area (Å²) in [5.74, 6) is -0.201. The van der Waals surface area contributed by atoms with E-state index in [2.05, 4.69) is 34.1 Å². The summed E-state index contributed by atoms with van der Waals surface area (Å²) < 4.78 is 0. The molecule has 4 rings (SSSR count). The summed E-state index contributed by atoms with van der Waals surface area (Å²) in [6.07, 6.45) is 4.91. The second kappa shape index (κ2) is 7.75. The number of nitrogens with zero attached hydrogens (tertiary/aromatic N) is 1. The van der Waals surface area contributed by atoms with Crippen LogP contribution in [0.5, 0.6) is 0 Å². The summed E-state index contributed by atoms with van der Waals surface area (Å²) in [7, 11) is 0. The molecule has 1 aromatic heterocycles. The van der Waals surface area contributed by atoms with E-state index in [9.17, 15) is 9.90 Å². The summed E-state index contributed by atoms with van der Waals surface area (Å²) in [6, 6.07) is 15.4. The van der Waals surface area contributed by atoms with Crippen LogP contribution in [0.4, 0.5) is 0 Å². The Morgan fingerprint density at radius 2 is 1.93 bits per heavy atom. The lowest BCUT2D eigenvalue weighted by molar-refractivity contribution is -0.144. The standard InChI is InChI=1S/C22H23ClN2O2/c23-17-6-7-20-18(13-17)19(14-24-20)21(22(26)27)25-10-8-16(9-11-25)12-15-4-2-1-3-5-15/h1-7,13-14,16,21,24H,8-12H2,(H,26,27)/t21-/m0/s1. The van der Waals surface area contributed by atoms with E-state index < -0.39 is 12.0 Å². The molecule has 0 radical (unpaired) electrons. The molecule has 1 fully saturated rings. The Kier molecular flexibility index (Phi) is 5.19. The number of carboxylic acids is 1. The van der Waals surface area contributed by atoms with Crippen LogP contribution >= 0.6 is 11.6 Å². The molecule has 1 atom stereocenters. The maximum Gasteiger partial charge on any atom is 0.325 e. The Labute approximate surface area is 163 Å². The molecule has 2 N–H and O–H groups in total. The molecule has 2 aromatic carbocycles. The Morgan fingerprint density at radius 1 is 1.19 bits per heavy atom. The van der Waals surface area contributed by atoms with Crippen LogP contribution in [0.1, 0.15) is 30.0 Å². The fraction of sp³-hybridized carbons (Fsp3) is 0.318. The van der Waals surface area contributed by atoms with Gasteiger partial charge in [-0.15, -0.1) is 0 Å². The van der Waals surface area contributed by atoms with Crippen molar-refractivity contribution in [2.24, 2.45) is 5.92 Å². The number of aromatic amines is 1. The lowest BCUT2D eigenvalue weighted by Gasteiger charge is -2.35. The molecular formula is C22H23ClN2O2. The molecule has 4 nitrogen and oxygen atoms in total. The minimum atomic E-state index is -0.808. The molecule has 3 aromatic rings. The zero-order valence-corrected chi connectivity index (χ0v) is 15.8. The number of rotatable bonds is 5. The molecule has 1 aliphatic heterocycles. The smallest absolute Gasteiger partial charge is 0.325 e. The fourth-order valence-electron chi connectivity index (χ4n) is 4.19. The molecule has 0 spiro atoms. The predicted octanol–water partition coefficient (Wildman–Crippen LogP) is 4.90. The van der Waals surface area contributed by atoms with Gasteiger partial charge < -0.3 is 10.1 Å². The van der Waals surface area contributed by atoms with Crippen LogP contribution in [-0.2, 0) is 11.2 Å². The van der Waals surface area contributed by atoms with Crippen LogP contribution < -0.4 is 0 Å². The van der Waals surface area contributed by atoms with Crippen LogP contribution in [0.25, 0.3) is 10.9 Å². The van der Waals surface area contributed by atoms with E-state index in [0.717, 1.165) is 48.8 Å². The second-order valence-corrected chi connectivity index (χ2v) is 7.78. The molecule has 1 saturated heterocycles. The number of aromatic nitrogens is 1. The van der Waals surface area contributed by atoms with Crippen LogP contribution in [0.2, 0.25) is 5.02 Å². The van der Waals surface area contributed by atoms with Crippen molar-refractivity contribution in [3.63, 3.8) is 0 Å². The van der Waals surface area contributed by atoms with E-state index >= 15 is 0 Å². The van der Waals surface area contributed by atoms with Crippen molar-refractivity contribution in [1.82, 2.24) is 9.88 Å². The first kappa shape index (κ1) is 18.1. The lowest BCUT2D eigenvalue weighted by Crippen LogP contribution is -2.40. The number of carbonyl (C=O) groups is 1. The monoisotopic (exact) mass is 382 g/mol. The maximum atomic E-state index is 12.1. The summed E-state index contributed by atoms with van der Waals surface area (Å²) in [4.78, 5) is 17.4. The fourth-order valence-corrected chi connectivity index (χ4v) is 4.36. The van der Waals surface area contributed by atoms with Gasteiger partial charge in [-0.1, -0.05) is 41.9 Å². The van der Waals surface area contributed by atoms with Crippen molar-refractivity contribution < 1.29 is 9.90 Å². The van der Waals surface area contributed by atoms with Crippen molar-refractivity contribution >= 4 is 28.5 Å². The predicted molar refractivity (Wildman–Crippen MR) is 108 cm³/mol. The molecule has 0 amide bonds. The van der Waals surface area contributed by atoms with Gasteiger partial charge in [0.05, 0.1) is 0 Å². The van der Waals surface area contributed by atoms with Crippen molar-refractivity contribution in [2.75, 3.05) is 13.1 Å². The summed E-state index contributed by atoms with van der Waals surface area (Å²) in [6.45, 7) is 1.59. The van der Waals surface area contributed by atoms with E-state index in [0.29, 0.717) is 10.9 Å². The number of aliphatic carboxylic acids is 1. The van der Waals surface area contributed by atoms with E-state index in [1.807, 2.05) is 30.5 Å². The molecule has 1 aliphatic rings. The minimum Gasteiger partial charge on any atom is -0.480 e. The number of benzene rings is 2. The summed E-state index contributed by atoms with van der Waals surface area (Å²) >= 11 is 6.14. The molecule has 0 bridgehead atoms. The Balaban J connectivity index is 1.50. The van der Waals surface area contributed by atoms with Crippen LogP contribution in [-0.4, -0.2) is 34.0 Å². The van der Waals surface area contributed by atoms with Gasteiger partial charge in [0.25, 0.3) is 0 Å². The van der Waals surface area contributed by atoms with Gasteiger partial charge in [0.15, 0.2) is 0 Å². The first-order chi connectivity index (χ1) is 13.1. The Morgan fingerprint density at radius 3 is 2.63 bits per heavy atom. The Bertz CT molecular complexity index is 930. The van der Waals surface area contributed by atoms with Crippen molar-refractivity contribution in [1.29, 1.82) is 0 Å². The zero-order valence-electron chi connectivity index (χ0n) is 15.1. The van der Waals surface area contributed by atoms with E-state index in [-0.39, 0.29) is 0 Å². The van der Waals surface area contributed by atoms with Gasteiger partial charge in [-0.25, -0.2) is 0 Å². The zero-order chi connectivity index (χ0) is 18.8. The second-order valence-electron chi connectivity index (χ2n) is 7.34. The molecule has 0 aliphatic carbocycles. The van der Waals surface area contributed by atoms with Crippen LogP contribution in [0.3, 0.4) is 0 Å². The lowest BCUT2D eigenvalue weighted by atomic mass is 9.89. The molecule has 140 valence electrons. The topological polar surface area (TPSA) is 56.3 Å². The van der Waals surface area contributed by atoms with Crippen molar-refractivity contribution in [2.45, 2.75) is 25.3 Å². The number of halogens is 1. The SMILES string of the molecule is O=C(O)[C@H](c1c[nH]c2ccc(Cl)cc12)N1CCC(Cc2ccccc2)CC1. The first-order valence-electron chi connectivity index (χ1n) is 9.39. The average Bonchev–Trinajstić information content (AvgIpc) is 3.07. The van der Waals surface area contributed by atoms with Gasteiger partial charge in [0.2, 0.25) is 0 Å². The number of hydrogen-bond acceptors (Lipinski definition) is 2. The van der Waals surface area contributed by atoms with Crippen molar-refractivity contribution in [3.05, 3.63) is 70.9 Å². The van der Waals surface area contributed by atoms with E-state index in [1.165, 1.54) is 5.56 Å². The number of likely N-dealkylation sites (tertiary alicyclic amines) is 1. The van der Waals surface area contributed by atoms with Crippen molar-refractivity contribution in [3.8, 4) is 0 Å². The van der Waals surface area contributed by atoms with Crippen LogP contribution in [0, 0.1) is 5.92 Å². The third-order valence-electron chi connectivity index (χ3n) is 5.59. The highest BCUT2D eigenvalue weighted by molar-refractivity contribution is 6.31. The third kappa shape index (κ3) is 3.87. The van der Waals surface area contributed by atoms with Gasteiger partial charge in [-0.2, -0.15) is 0 Å². The minimum absolute atomic E-state index is 0.607. The maximum absolute atomic E-state index is 12.1. The summed E-state index contributed by atoms with van der Waals surface area (Å²) in [5.41, 5.74) is 3.07. The third-order valence-corrected chi connectivity index (χ3v) is 5.82. The van der Waals surface area contributed by atoms with Gasteiger partial charge in [-0.05, 0) is 62.0 Å². The number of piperidine rings is 1. The quantitative estimate of drug-likeness (QED) is 0.659. The largest absolute Gasteiger partial charge is 0.480 e. The number of hydrogen-bond donors (Lipinski definition) is 2. The molecular weight excluding hydrogens is 360 g/mol. The van der Waals surface area contributed by atoms with Gasteiger partial charge >= 0.3 is 5.97 Å². The molecule has 2 heterocycles. The Hall–Kier alpha value is -2.30. The highest BCUT2D eigenvalue weighted by atomic mass is 35.5. The molecule has 0 saturated carbocycles. The number of fused-ring (bicyclic) bond motifs is 1. The molecule has 5 heteroatoms. The number of carboxylic acid groups (broad SMARTS) is 1. The van der Waals surface area contributed by atoms with Crippen LogP contribution in [0.15, 0.2) is 54.7 Å². The number of H-pyrrole nitrogens is 1. The average molecular weight is 383 g/mol. The molecule has 27 heavy (non-hydrogen) atoms. The highest BCUT2D eigenvalue weighted by Gasteiger charge is 2.32. The highest BCUT2D eigenvalue weighted by Crippen LogP contribution is 2.33. The normalized spacial score (nSPS) is 17.2. The molecule has 0 unspecified atom stereocenters. The summed E-state index contributed by atoms with van der Waals surface area (Å²) in [5, 5.41) is 11.4. The van der Waals surface area contributed by atoms with Gasteiger partial charge in [0, 0.05) is 27.7 Å².